The molecule has 0 aliphatic carbocycles. The lowest BCUT2D eigenvalue weighted by Crippen LogP contribution is -2.06. The summed E-state index contributed by atoms with van der Waals surface area (Å²) in [6, 6.07) is 8.47. The number of aryl methyl sites for hydroxylation is 1. The van der Waals surface area contributed by atoms with Crippen molar-refractivity contribution >= 4 is 17.6 Å². The lowest BCUT2D eigenvalue weighted by Gasteiger charge is -2.06. The molecule has 1 aromatic carbocycles. The fourth-order valence-corrected chi connectivity index (χ4v) is 3.15. The summed E-state index contributed by atoms with van der Waals surface area (Å²) in [5.74, 6) is 3.40. The van der Waals surface area contributed by atoms with Gasteiger partial charge in [-0.15, -0.1) is 0 Å². The maximum absolute atomic E-state index is 5.99. The zero-order valence-corrected chi connectivity index (χ0v) is 11.1. The van der Waals surface area contributed by atoms with Gasteiger partial charge >= 0.3 is 0 Å². The van der Waals surface area contributed by atoms with Crippen molar-refractivity contribution in [2.75, 3.05) is 5.73 Å². The molecule has 0 unspecified atom stereocenters. The van der Waals surface area contributed by atoms with Crippen LogP contribution >= 0.6 is 11.8 Å². The number of benzene rings is 1. The number of rotatable bonds is 2. The Morgan fingerprint density at radius 2 is 1.94 bits per heavy atom. The standard InChI is InChI=1S/C14H15N3S/c1-9-2-4-10(5-3-9)6-13-16-12-8-18-7-11(12)14(15)17-13/h2-5H,6-8H2,1H3,(H2,15,16,17). The Morgan fingerprint density at radius 3 is 2.72 bits per heavy atom. The lowest BCUT2D eigenvalue weighted by atomic mass is 10.1. The van der Waals surface area contributed by atoms with Gasteiger partial charge in [0.25, 0.3) is 0 Å². The van der Waals surface area contributed by atoms with Crippen LogP contribution in [-0.2, 0) is 17.9 Å². The average molecular weight is 257 g/mol. The van der Waals surface area contributed by atoms with Gasteiger partial charge in [-0.3, -0.25) is 0 Å². The number of nitrogens with zero attached hydrogens (tertiary/aromatic N) is 2. The number of anilines is 1. The Bertz CT molecular complexity index is 578. The molecule has 1 aromatic heterocycles. The minimum Gasteiger partial charge on any atom is -0.383 e. The lowest BCUT2D eigenvalue weighted by molar-refractivity contribution is 0.934. The van der Waals surface area contributed by atoms with E-state index < -0.39 is 0 Å². The third-order valence-corrected chi connectivity index (χ3v) is 4.11. The normalized spacial score (nSPS) is 13.6. The van der Waals surface area contributed by atoms with Gasteiger partial charge in [-0.1, -0.05) is 29.8 Å². The molecule has 0 saturated carbocycles. The van der Waals surface area contributed by atoms with Crippen LogP contribution in [0.1, 0.15) is 28.2 Å². The maximum atomic E-state index is 5.99. The summed E-state index contributed by atoms with van der Waals surface area (Å²) in [6.07, 6.45) is 0.752. The highest BCUT2D eigenvalue weighted by Crippen LogP contribution is 2.31. The number of aromatic nitrogens is 2. The molecule has 0 bridgehead atoms. The molecule has 0 atom stereocenters. The van der Waals surface area contributed by atoms with E-state index in [4.69, 9.17) is 5.73 Å². The van der Waals surface area contributed by atoms with Gasteiger partial charge in [0.2, 0.25) is 0 Å². The van der Waals surface area contributed by atoms with Gasteiger partial charge in [0.05, 0.1) is 5.69 Å². The summed E-state index contributed by atoms with van der Waals surface area (Å²) < 4.78 is 0. The van der Waals surface area contributed by atoms with Crippen LogP contribution in [0, 0.1) is 6.92 Å². The van der Waals surface area contributed by atoms with Gasteiger partial charge in [-0.25, -0.2) is 9.97 Å². The highest BCUT2D eigenvalue weighted by Gasteiger charge is 2.18. The molecule has 1 aliphatic heterocycles. The zero-order chi connectivity index (χ0) is 12.5. The Hall–Kier alpha value is -1.55. The first-order valence-corrected chi connectivity index (χ1v) is 7.15. The van der Waals surface area contributed by atoms with E-state index in [9.17, 15) is 0 Å². The van der Waals surface area contributed by atoms with Crippen LogP contribution in [0.25, 0.3) is 0 Å². The zero-order valence-electron chi connectivity index (χ0n) is 10.3. The van der Waals surface area contributed by atoms with Gasteiger partial charge < -0.3 is 5.73 Å². The van der Waals surface area contributed by atoms with Gasteiger partial charge in [-0.05, 0) is 12.5 Å². The van der Waals surface area contributed by atoms with Crippen LogP contribution in [0.3, 0.4) is 0 Å². The van der Waals surface area contributed by atoms with E-state index >= 15 is 0 Å². The Morgan fingerprint density at radius 1 is 1.17 bits per heavy atom. The first kappa shape index (κ1) is 11.5. The van der Waals surface area contributed by atoms with E-state index in [0.717, 1.165) is 35.0 Å². The third-order valence-electron chi connectivity index (χ3n) is 3.14. The van der Waals surface area contributed by atoms with Gasteiger partial charge in [0.15, 0.2) is 0 Å². The summed E-state index contributed by atoms with van der Waals surface area (Å²) in [7, 11) is 0. The molecule has 3 rings (SSSR count). The minimum atomic E-state index is 0.659. The van der Waals surface area contributed by atoms with Crippen LogP contribution in [0.5, 0.6) is 0 Å². The molecule has 92 valence electrons. The molecule has 0 fully saturated rings. The summed E-state index contributed by atoms with van der Waals surface area (Å²) in [5.41, 5.74) is 10.7. The Kier molecular flexibility index (Phi) is 2.96. The van der Waals surface area contributed by atoms with E-state index in [1.54, 1.807) is 0 Å². The molecule has 1 aliphatic rings. The van der Waals surface area contributed by atoms with Gasteiger partial charge in [0, 0.05) is 23.5 Å². The summed E-state index contributed by atoms with van der Waals surface area (Å²) in [4.78, 5) is 9.04. The smallest absolute Gasteiger partial charge is 0.135 e. The van der Waals surface area contributed by atoms with Crippen molar-refractivity contribution < 1.29 is 0 Å². The van der Waals surface area contributed by atoms with E-state index in [1.165, 1.54) is 11.1 Å². The molecular weight excluding hydrogens is 242 g/mol. The Balaban J connectivity index is 1.89. The monoisotopic (exact) mass is 257 g/mol. The highest BCUT2D eigenvalue weighted by molar-refractivity contribution is 7.98. The molecule has 18 heavy (non-hydrogen) atoms. The summed E-state index contributed by atoms with van der Waals surface area (Å²) in [5, 5.41) is 0. The Labute approximate surface area is 111 Å². The molecule has 0 radical (unpaired) electrons. The summed E-state index contributed by atoms with van der Waals surface area (Å²) >= 11 is 1.85. The first-order chi connectivity index (χ1) is 8.72. The van der Waals surface area contributed by atoms with Crippen LogP contribution in [0.15, 0.2) is 24.3 Å². The topological polar surface area (TPSA) is 51.8 Å². The number of thioether (sulfide) groups is 1. The molecule has 2 N–H and O–H groups in total. The molecule has 0 saturated heterocycles. The molecular formula is C14H15N3S. The fraction of sp³-hybridized carbons (Fsp3) is 0.286. The predicted molar refractivity (Wildman–Crippen MR) is 75.4 cm³/mol. The van der Waals surface area contributed by atoms with Crippen LogP contribution in [0.4, 0.5) is 5.82 Å². The van der Waals surface area contributed by atoms with Gasteiger partial charge in [-0.2, -0.15) is 11.8 Å². The molecule has 0 spiro atoms. The number of nitrogens with two attached hydrogens (primary N) is 1. The second-order valence-electron chi connectivity index (χ2n) is 4.61. The maximum Gasteiger partial charge on any atom is 0.135 e. The number of nitrogen functional groups attached to an aromatic ring is 1. The SMILES string of the molecule is Cc1ccc(Cc2nc(N)c3c(n2)CSC3)cc1. The third kappa shape index (κ3) is 2.20. The van der Waals surface area contributed by atoms with Crippen molar-refractivity contribution in [3.8, 4) is 0 Å². The van der Waals surface area contributed by atoms with Crippen molar-refractivity contribution in [1.29, 1.82) is 0 Å². The molecule has 4 heteroatoms. The molecule has 3 nitrogen and oxygen atoms in total. The number of fused-ring (bicyclic) bond motifs is 1. The minimum absolute atomic E-state index is 0.659. The predicted octanol–water partition coefficient (Wildman–Crippen LogP) is 2.70. The van der Waals surface area contributed by atoms with Crippen molar-refractivity contribution in [2.24, 2.45) is 0 Å². The second-order valence-corrected chi connectivity index (χ2v) is 5.59. The highest BCUT2D eigenvalue weighted by atomic mass is 32.2. The summed E-state index contributed by atoms with van der Waals surface area (Å²) in [6.45, 7) is 2.09. The van der Waals surface area contributed by atoms with Gasteiger partial charge in [0.1, 0.15) is 11.6 Å². The van der Waals surface area contributed by atoms with Crippen molar-refractivity contribution in [3.05, 3.63) is 52.5 Å². The first-order valence-electron chi connectivity index (χ1n) is 6.00. The van der Waals surface area contributed by atoms with Crippen LogP contribution in [-0.4, -0.2) is 9.97 Å². The second kappa shape index (κ2) is 4.61. The van der Waals surface area contributed by atoms with Crippen LogP contribution < -0.4 is 5.73 Å². The molecule has 2 aromatic rings. The number of hydrogen-bond donors (Lipinski definition) is 1. The molecule has 2 heterocycles. The van der Waals surface area contributed by atoms with Crippen molar-refractivity contribution in [2.45, 2.75) is 24.9 Å². The average Bonchev–Trinajstić information content (AvgIpc) is 2.81. The van der Waals surface area contributed by atoms with E-state index in [2.05, 4.69) is 41.2 Å². The van der Waals surface area contributed by atoms with E-state index in [0.29, 0.717) is 5.82 Å². The van der Waals surface area contributed by atoms with Crippen molar-refractivity contribution in [3.63, 3.8) is 0 Å². The van der Waals surface area contributed by atoms with E-state index in [-0.39, 0.29) is 0 Å². The number of hydrogen-bond acceptors (Lipinski definition) is 4. The van der Waals surface area contributed by atoms with Crippen LogP contribution in [0.2, 0.25) is 0 Å². The largest absolute Gasteiger partial charge is 0.383 e. The molecule has 0 amide bonds. The van der Waals surface area contributed by atoms with Crippen molar-refractivity contribution in [1.82, 2.24) is 9.97 Å². The quantitative estimate of drug-likeness (QED) is 0.898. The van der Waals surface area contributed by atoms with E-state index in [1.807, 2.05) is 11.8 Å². The fourth-order valence-electron chi connectivity index (χ4n) is 2.10.